The third-order valence-electron chi connectivity index (χ3n) is 2.19. The van der Waals surface area contributed by atoms with E-state index in [9.17, 15) is 13.2 Å². The molecule has 0 amide bonds. The van der Waals surface area contributed by atoms with E-state index in [2.05, 4.69) is 9.72 Å². The molecule has 2 rings (SSSR count). The van der Waals surface area contributed by atoms with Crippen LogP contribution in [0.2, 0.25) is 0 Å². The molecule has 0 atom stereocenters. The van der Waals surface area contributed by atoms with Crippen LogP contribution in [-0.2, 0) is 6.18 Å². The first-order valence-electron chi connectivity index (χ1n) is 4.53. The number of methoxy groups -OCH3 is 1. The van der Waals surface area contributed by atoms with Crippen molar-refractivity contribution in [2.75, 3.05) is 7.11 Å². The third kappa shape index (κ3) is 1.80. The van der Waals surface area contributed by atoms with Crippen molar-refractivity contribution in [1.82, 2.24) is 4.98 Å². The first kappa shape index (κ1) is 10.7. The number of para-hydroxylation sites is 1. The van der Waals surface area contributed by atoms with Gasteiger partial charge < -0.3 is 4.74 Å². The summed E-state index contributed by atoms with van der Waals surface area (Å²) in [6.45, 7) is 0. The van der Waals surface area contributed by atoms with Crippen LogP contribution in [-0.4, -0.2) is 12.1 Å². The summed E-state index contributed by atoms with van der Waals surface area (Å²) >= 11 is 0. The minimum Gasteiger partial charge on any atom is -0.481 e. The number of hydrogen-bond acceptors (Lipinski definition) is 2. The summed E-state index contributed by atoms with van der Waals surface area (Å²) in [6, 6.07) is 7.63. The average Bonchev–Trinajstić information content (AvgIpc) is 2.26. The molecular weight excluding hydrogens is 219 g/mol. The Morgan fingerprint density at radius 2 is 1.88 bits per heavy atom. The van der Waals surface area contributed by atoms with Crippen LogP contribution in [0, 0.1) is 0 Å². The van der Waals surface area contributed by atoms with Crippen LogP contribution >= 0.6 is 0 Å². The molecule has 16 heavy (non-hydrogen) atoms. The average molecular weight is 227 g/mol. The molecule has 0 N–H and O–H groups in total. The zero-order valence-electron chi connectivity index (χ0n) is 8.38. The van der Waals surface area contributed by atoms with Gasteiger partial charge in [-0.25, -0.2) is 4.98 Å². The van der Waals surface area contributed by atoms with E-state index >= 15 is 0 Å². The molecule has 0 aliphatic rings. The topological polar surface area (TPSA) is 22.1 Å². The van der Waals surface area contributed by atoms with E-state index in [0.717, 1.165) is 6.07 Å². The van der Waals surface area contributed by atoms with Gasteiger partial charge in [0.2, 0.25) is 5.88 Å². The number of halogens is 3. The van der Waals surface area contributed by atoms with Crippen LogP contribution in [0.1, 0.15) is 5.56 Å². The standard InChI is InChI=1S/C11H8F3NO/c1-16-10-8(11(12,13)14)6-7-4-2-3-5-9(7)15-10/h2-6H,1H3. The lowest BCUT2D eigenvalue weighted by Crippen LogP contribution is -2.08. The second-order valence-electron chi connectivity index (χ2n) is 3.24. The zero-order chi connectivity index (χ0) is 11.8. The number of benzene rings is 1. The number of alkyl halides is 3. The lowest BCUT2D eigenvalue weighted by atomic mass is 10.1. The number of fused-ring (bicyclic) bond motifs is 1. The SMILES string of the molecule is COc1nc2ccccc2cc1C(F)(F)F. The summed E-state index contributed by atoms with van der Waals surface area (Å²) in [6.07, 6.45) is -4.46. The van der Waals surface area contributed by atoms with E-state index in [4.69, 9.17) is 0 Å². The number of ether oxygens (including phenoxy) is 1. The Bertz CT molecular complexity index is 522. The summed E-state index contributed by atoms with van der Waals surface area (Å²) in [7, 11) is 1.17. The summed E-state index contributed by atoms with van der Waals surface area (Å²) in [5.74, 6) is -0.397. The Morgan fingerprint density at radius 3 is 2.50 bits per heavy atom. The van der Waals surface area contributed by atoms with Gasteiger partial charge in [0, 0.05) is 5.39 Å². The minimum atomic E-state index is -4.46. The van der Waals surface area contributed by atoms with E-state index in [1.54, 1.807) is 24.3 Å². The molecule has 0 aliphatic carbocycles. The van der Waals surface area contributed by atoms with Crippen LogP contribution in [0.5, 0.6) is 5.88 Å². The van der Waals surface area contributed by atoms with Crippen molar-refractivity contribution in [3.63, 3.8) is 0 Å². The Kier molecular flexibility index (Phi) is 2.46. The van der Waals surface area contributed by atoms with Gasteiger partial charge in [-0.05, 0) is 12.1 Å². The van der Waals surface area contributed by atoms with Gasteiger partial charge in [0.15, 0.2) is 0 Å². The Morgan fingerprint density at radius 1 is 1.19 bits per heavy atom. The van der Waals surface area contributed by atoms with Gasteiger partial charge in [0.05, 0.1) is 12.6 Å². The second kappa shape index (κ2) is 3.66. The highest BCUT2D eigenvalue weighted by atomic mass is 19.4. The fourth-order valence-electron chi connectivity index (χ4n) is 1.46. The molecule has 0 unspecified atom stereocenters. The van der Waals surface area contributed by atoms with Gasteiger partial charge >= 0.3 is 6.18 Å². The van der Waals surface area contributed by atoms with Crippen molar-refractivity contribution in [1.29, 1.82) is 0 Å². The van der Waals surface area contributed by atoms with Crippen molar-refractivity contribution in [2.24, 2.45) is 0 Å². The van der Waals surface area contributed by atoms with Crippen LogP contribution in [0.4, 0.5) is 13.2 Å². The third-order valence-corrected chi connectivity index (χ3v) is 2.19. The zero-order valence-corrected chi connectivity index (χ0v) is 8.38. The Balaban J connectivity index is 2.73. The van der Waals surface area contributed by atoms with Crippen molar-refractivity contribution in [3.05, 3.63) is 35.9 Å². The molecule has 0 saturated carbocycles. The molecular formula is C11H8F3NO. The van der Waals surface area contributed by atoms with E-state index in [0.29, 0.717) is 10.9 Å². The summed E-state index contributed by atoms with van der Waals surface area (Å²) in [5.41, 5.74) is -0.374. The van der Waals surface area contributed by atoms with Crippen molar-refractivity contribution in [3.8, 4) is 5.88 Å². The highest BCUT2D eigenvalue weighted by Crippen LogP contribution is 2.36. The number of rotatable bonds is 1. The van der Waals surface area contributed by atoms with E-state index < -0.39 is 17.6 Å². The van der Waals surface area contributed by atoms with Crippen molar-refractivity contribution < 1.29 is 17.9 Å². The molecule has 0 spiro atoms. The number of pyridine rings is 1. The minimum absolute atomic E-state index is 0.397. The molecule has 2 aromatic rings. The smallest absolute Gasteiger partial charge is 0.421 e. The van der Waals surface area contributed by atoms with Crippen LogP contribution in [0.3, 0.4) is 0 Å². The van der Waals surface area contributed by atoms with E-state index in [-0.39, 0.29) is 0 Å². The summed E-state index contributed by atoms with van der Waals surface area (Å²) in [5, 5.41) is 0.440. The highest BCUT2D eigenvalue weighted by Gasteiger charge is 2.35. The van der Waals surface area contributed by atoms with Crippen molar-refractivity contribution in [2.45, 2.75) is 6.18 Å². The molecule has 5 heteroatoms. The largest absolute Gasteiger partial charge is 0.481 e. The number of aromatic nitrogens is 1. The van der Waals surface area contributed by atoms with Gasteiger partial charge in [0.25, 0.3) is 0 Å². The maximum atomic E-state index is 12.6. The lowest BCUT2D eigenvalue weighted by Gasteiger charge is -2.11. The first-order valence-corrected chi connectivity index (χ1v) is 4.53. The molecule has 0 bridgehead atoms. The number of nitrogens with zero attached hydrogens (tertiary/aromatic N) is 1. The lowest BCUT2D eigenvalue weighted by molar-refractivity contribution is -0.139. The molecule has 84 valence electrons. The van der Waals surface area contributed by atoms with Crippen LogP contribution in [0.15, 0.2) is 30.3 Å². The van der Waals surface area contributed by atoms with Gasteiger partial charge in [-0.1, -0.05) is 18.2 Å². The molecule has 2 nitrogen and oxygen atoms in total. The second-order valence-corrected chi connectivity index (χ2v) is 3.24. The molecule has 1 aromatic heterocycles. The molecule has 1 aromatic carbocycles. The maximum Gasteiger partial charge on any atom is 0.421 e. The van der Waals surface area contributed by atoms with Crippen LogP contribution in [0.25, 0.3) is 10.9 Å². The molecule has 0 aliphatic heterocycles. The Hall–Kier alpha value is -1.78. The highest BCUT2D eigenvalue weighted by molar-refractivity contribution is 5.80. The van der Waals surface area contributed by atoms with E-state index in [1.807, 2.05) is 0 Å². The molecule has 0 radical (unpaired) electrons. The summed E-state index contributed by atoms with van der Waals surface area (Å²) < 4.78 is 42.6. The normalized spacial score (nSPS) is 11.8. The monoisotopic (exact) mass is 227 g/mol. The van der Waals surface area contributed by atoms with Gasteiger partial charge in [-0.15, -0.1) is 0 Å². The molecule has 0 saturated heterocycles. The quantitative estimate of drug-likeness (QED) is 0.745. The van der Waals surface area contributed by atoms with E-state index in [1.165, 1.54) is 7.11 Å². The predicted molar refractivity (Wildman–Crippen MR) is 53.3 cm³/mol. The maximum absolute atomic E-state index is 12.6. The van der Waals surface area contributed by atoms with Gasteiger partial charge in [0.1, 0.15) is 5.56 Å². The predicted octanol–water partition coefficient (Wildman–Crippen LogP) is 3.26. The molecule has 1 heterocycles. The van der Waals surface area contributed by atoms with Crippen LogP contribution < -0.4 is 4.74 Å². The Labute approximate surface area is 89.7 Å². The van der Waals surface area contributed by atoms with Crippen molar-refractivity contribution >= 4 is 10.9 Å². The first-order chi connectivity index (χ1) is 7.52. The summed E-state index contributed by atoms with van der Waals surface area (Å²) in [4.78, 5) is 3.82. The fourth-order valence-corrected chi connectivity index (χ4v) is 1.46. The number of hydrogen-bond donors (Lipinski definition) is 0. The fraction of sp³-hybridized carbons (Fsp3) is 0.182. The molecule has 0 fully saturated rings. The van der Waals surface area contributed by atoms with Gasteiger partial charge in [-0.2, -0.15) is 13.2 Å². The van der Waals surface area contributed by atoms with Gasteiger partial charge in [-0.3, -0.25) is 0 Å².